The van der Waals surface area contributed by atoms with Gasteiger partial charge in [-0.05, 0) is 0 Å². The Labute approximate surface area is 97.7 Å². The van der Waals surface area contributed by atoms with E-state index in [0.717, 1.165) is 0 Å². The van der Waals surface area contributed by atoms with E-state index in [1.54, 1.807) is 12.1 Å². The van der Waals surface area contributed by atoms with E-state index in [1.165, 1.54) is 20.5 Å². The van der Waals surface area contributed by atoms with Gasteiger partial charge >= 0.3 is 0 Å². The third kappa shape index (κ3) is 1.65. The van der Waals surface area contributed by atoms with Crippen LogP contribution in [0.15, 0.2) is 23.8 Å². The van der Waals surface area contributed by atoms with Crippen molar-refractivity contribution in [1.29, 1.82) is 0 Å². The Hall–Kier alpha value is -2.30. The van der Waals surface area contributed by atoms with Crippen LogP contribution in [-0.2, 0) is 0 Å². The Morgan fingerprint density at radius 3 is 2.76 bits per heavy atom. The summed E-state index contributed by atoms with van der Waals surface area (Å²) in [6.45, 7) is 3.69. The summed E-state index contributed by atoms with van der Waals surface area (Å²) in [5, 5.41) is 0.445. The molecule has 88 valence electrons. The molecule has 2 rings (SSSR count). The highest BCUT2D eigenvalue weighted by Gasteiger charge is 2.15. The molecule has 0 atom stereocenters. The Bertz CT molecular complexity index is 631. The lowest BCUT2D eigenvalue weighted by atomic mass is 10.1. The zero-order valence-corrected chi connectivity index (χ0v) is 9.61. The molecule has 0 amide bonds. The summed E-state index contributed by atoms with van der Waals surface area (Å²) in [4.78, 5) is 18.4. The molecule has 0 aliphatic heterocycles. The molecule has 0 radical (unpaired) electrons. The first-order valence-electron chi connectivity index (χ1n) is 4.97. The second kappa shape index (κ2) is 4.29. The Kier molecular flexibility index (Phi) is 2.82. The molecule has 1 aromatic heterocycles. The van der Waals surface area contributed by atoms with Crippen LogP contribution in [0.5, 0.6) is 11.5 Å². The van der Waals surface area contributed by atoms with Crippen molar-refractivity contribution in [2.45, 2.75) is 0 Å². The first-order chi connectivity index (χ1) is 8.22. The SMILES string of the molecule is C=Cc1c(OC)c(OC)cc2nc[nH]c(=O)c12. The molecule has 5 nitrogen and oxygen atoms in total. The molecular weight excluding hydrogens is 220 g/mol. The Balaban J connectivity index is 3.00. The highest BCUT2D eigenvalue weighted by molar-refractivity contribution is 5.91. The summed E-state index contributed by atoms with van der Waals surface area (Å²) in [7, 11) is 3.05. The van der Waals surface area contributed by atoms with Gasteiger partial charge in [0.25, 0.3) is 5.56 Å². The molecule has 0 bridgehead atoms. The predicted molar refractivity (Wildman–Crippen MR) is 65.6 cm³/mol. The van der Waals surface area contributed by atoms with Gasteiger partial charge in [-0.1, -0.05) is 12.7 Å². The molecule has 0 spiro atoms. The first kappa shape index (κ1) is 11.2. The average Bonchev–Trinajstić information content (AvgIpc) is 2.36. The molecule has 0 saturated carbocycles. The molecule has 0 fully saturated rings. The maximum atomic E-state index is 11.8. The highest BCUT2D eigenvalue weighted by atomic mass is 16.5. The van der Waals surface area contributed by atoms with Gasteiger partial charge in [0, 0.05) is 11.6 Å². The van der Waals surface area contributed by atoms with Crippen molar-refractivity contribution in [3.05, 3.63) is 34.9 Å². The van der Waals surface area contributed by atoms with Gasteiger partial charge in [0.2, 0.25) is 0 Å². The van der Waals surface area contributed by atoms with Crippen LogP contribution in [0.25, 0.3) is 17.0 Å². The maximum Gasteiger partial charge on any atom is 0.259 e. The van der Waals surface area contributed by atoms with E-state index in [2.05, 4.69) is 16.5 Å². The van der Waals surface area contributed by atoms with Crippen LogP contribution in [0, 0.1) is 0 Å². The zero-order chi connectivity index (χ0) is 12.4. The fraction of sp³-hybridized carbons (Fsp3) is 0.167. The molecule has 0 aliphatic carbocycles. The summed E-state index contributed by atoms with van der Waals surface area (Å²) >= 11 is 0. The number of fused-ring (bicyclic) bond motifs is 1. The minimum atomic E-state index is -0.231. The Morgan fingerprint density at radius 2 is 2.18 bits per heavy atom. The minimum absolute atomic E-state index is 0.231. The lowest BCUT2D eigenvalue weighted by Gasteiger charge is -2.12. The number of benzene rings is 1. The highest BCUT2D eigenvalue weighted by Crippen LogP contribution is 2.35. The standard InChI is InChI=1S/C12H12N2O3/c1-4-7-10-8(13-6-14-12(10)15)5-9(16-2)11(7)17-3/h4-6H,1H2,2-3H3,(H,13,14,15). The monoisotopic (exact) mass is 232 g/mol. The van der Waals surface area contributed by atoms with Crippen molar-refractivity contribution in [3.63, 3.8) is 0 Å². The van der Waals surface area contributed by atoms with Crippen LogP contribution >= 0.6 is 0 Å². The number of hydrogen-bond acceptors (Lipinski definition) is 4. The van der Waals surface area contributed by atoms with E-state index in [0.29, 0.717) is 28.0 Å². The van der Waals surface area contributed by atoms with E-state index < -0.39 is 0 Å². The topological polar surface area (TPSA) is 64.2 Å². The largest absolute Gasteiger partial charge is 0.493 e. The van der Waals surface area contributed by atoms with E-state index in [1.807, 2.05) is 0 Å². The first-order valence-corrected chi connectivity index (χ1v) is 4.97. The van der Waals surface area contributed by atoms with Crippen molar-refractivity contribution in [2.75, 3.05) is 14.2 Å². The third-order valence-electron chi connectivity index (χ3n) is 2.52. The van der Waals surface area contributed by atoms with Gasteiger partial charge in [-0.2, -0.15) is 0 Å². The number of nitrogens with zero attached hydrogens (tertiary/aromatic N) is 1. The second-order valence-corrected chi connectivity index (χ2v) is 3.36. The molecule has 1 N–H and O–H groups in total. The van der Waals surface area contributed by atoms with Gasteiger partial charge in [-0.15, -0.1) is 0 Å². The number of rotatable bonds is 3. The number of aromatic amines is 1. The fourth-order valence-electron chi connectivity index (χ4n) is 1.78. The van der Waals surface area contributed by atoms with Crippen molar-refractivity contribution < 1.29 is 9.47 Å². The summed E-state index contributed by atoms with van der Waals surface area (Å²) in [6, 6.07) is 1.66. The van der Waals surface area contributed by atoms with E-state index in [9.17, 15) is 4.79 Å². The van der Waals surface area contributed by atoms with E-state index in [4.69, 9.17) is 9.47 Å². The number of methoxy groups -OCH3 is 2. The summed E-state index contributed by atoms with van der Waals surface area (Å²) < 4.78 is 10.4. The number of H-pyrrole nitrogens is 1. The zero-order valence-electron chi connectivity index (χ0n) is 9.61. The van der Waals surface area contributed by atoms with Gasteiger partial charge < -0.3 is 14.5 Å². The van der Waals surface area contributed by atoms with Gasteiger partial charge in [-0.3, -0.25) is 4.79 Å². The normalized spacial score (nSPS) is 10.2. The van der Waals surface area contributed by atoms with Gasteiger partial charge in [0.05, 0.1) is 31.4 Å². The summed E-state index contributed by atoms with van der Waals surface area (Å²) in [5.74, 6) is 1.00. The molecular formula is C12H12N2O3. The van der Waals surface area contributed by atoms with Crippen molar-refractivity contribution in [1.82, 2.24) is 9.97 Å². The molecule has 0 saturated heterocycles. The van der Waals surface area contributed by atoms with Crippen molar-refractivity contribution >= 4 is 17.0 Å². The number of ether oxygens (including phenoxy) is 2. The van der Waals surface area contributed by atoms with Gasteiger partial charge in [0.15, 0.2) is 11.5 Å². The number of hydrogen-bond donors (Lipinski definition) is 1. The molecule has 0 aliphatic rings. The van der Waals surface area contributed by atoms with Crippen LogP contribution in [0.3, 0.4) is 0 Å². The van der Waals surface area contributed by atoms with Crippen molar-refractivity contribution in [2.24, 2.45) is 0 Å². The maximum absolute atomic E-state index is 11.8. The third-order valence-corrected chi connectivity index (χ3v) is 2.52. The van der Waals surface area contributed by atoms with Gasteiger partial charge in [-0.25, -0.2) is 4.98 Å². The summed E-state index contributed by atoms with van der Waals surface area (Å²) in [6.07, 6.45) is 2.91. The van der Waals surface area contributed by atoms with Crippen LogP contribution < -0.4 is 15.0 Å². The van der Waals surface area contributed by atoms with Crippen molar-refractivity contribution in [3.8, 4) is 11.5 Å². The molecule has 5 heteroatoms. The minimum Gasteiger partial charge on any atom is -0.493 e. The fourth-order valence-corrected chi connectivity index (χ4v) is 1.78. The molecule has 17 heavy (non-hydrogen) atoms. The summed E-state index contributed by atoms with van der Waals surface area (Å²) in [5.41, 5.74) is 0.892. The molecule has 0 unspecified atom stereocenters. The number of aromatic nitrogens is 2. The van der Waals surface area contributed by atoms with Crippen LogP contribution in [0.1, 0.15) is 5.56 Å². The van der Waals surface area contributed by atoms with Crippen LogP contribution in [-0.4, -0.2) is 24.2 Å². The number of nitrogens with one attached hydrogen (secondary N) is 1. The smallest absolute Gasteiger partial charge is 0.259 e. The molecule has 1 heterocycles. The van der Waals surface area contributed by atoms with E-state index in [-0.39, 0.29) is 5.56 Å². The van der Waals surface area contributed by atoms with Gasteiger partial charge in [0.1, 0.15) is 0 Å². The quantitative estimate of drug-likeness (QED) is 0.872. The second-order valence-electron chi connectivity index (χ2n) is 3.36. The van der Waals surface area contributed by atoms with Crippen LogP contribution in [0.4, 0.5) is 0 Å². The molecule has 2 aromatic rings. The average molecular weight is 232 g/mol. The van der Waals surface area contributed by atoms with E-state index >= 15 is 0 Å². The lowest BCUT2D eigenvalue weighted by molar-refractivity contribution is 0.355. The lowest BCUT2D eigenvalue weighted by Crippen LogP contribution is -2.09. The predicted octanol–water partition coefficient (Wildman–Crippen LogP) is 1.58. The Morgan fingerprint density at radius 1 is 1.41 bits per heavy atom. The molecule has 1 aromatic carbocycles. The van der Waals surface area contributed by atoms with Crippen LogP contribution in [0.2, 0.25) is 0 Å².